The van der Waals surface area contributed by atoms with Gasteiger partial charge in [-0.3, -0.25) is 9.36 Å². The molecular formula is C22H20N2O5S2. The molecule has 160 valence electrons. The van der Waals surface area contributed by atoms with Crippen molar-refractivity contribution in [2.45, 2.75) is 43.1 Å². The fourth-order valence-corrected chi connectivity index (χ4v) is 6.17. The molecule has 4 heterocycles. The molecule has 31 heavy (non-hydrogen) atoms. The number of nitrogens with zero attached hydrogens (tertiary/aromatic N) is 2. The van der Waals surface area contributed by atoms with Gasteiger partial charge in [-0.15, -0.1) is 11.3 Å². The van der Waals surface area contributed by atoms with Crippen molar-refractivity contribution < 1.29 is 18.4 Å². The summed E-state index contributed by atoms with van der Waals surface area (Å²) in [6, 6.07) is 5.38. The molecule has 1 aliphatic rings. The van der Waals surface area contributed by atoms with Crippen LogP contribution in [0.2, 0.25) is 0 Å². The van der Waals surface area contributed by atoms with E-state index in [4.69, 9.17) is 18.6 Å². The highest BCUT2D eigenvalue weighted by molar-refractivity contribution is 7.98. The van der Waals surface area contributed by atoms with Crippen molar-refractivity contribution >= 4 is 39.3 Å². The van der Waals surface area contributed by atoms with Crippen LogP contribution >= 0.6 is 23.1 Å². The van der Waals surface area contributed by atoms with Gasteiger partial charge in [-0.1, -0.05) is 11.8 Å². The SMILES string of the molecule is COC(=O)c1occc1CSc1nc2sc3c(c2c(=O)n1Cc1ccco1)CCCC3. The number of thiophene rings is 1. The number of hydrogen-bond acceptors (Lipinski definition) is 8. The van der Waals surface area contributed by atoms with Crippen molar-refractivity contribution in [1.82, 2.24) is 9.55 Å². The molecule has 0 radical (unpaired) electrons. The molecule has 7 nitrogen and oxygen atoms in total. The number of aromatic nitrogens is 2. The number of hydrogen-bond donors (Lipinski definition) is 0. The first-order valence-corrected chi connectivity index (χ1v) is 11.8. The van der Waals surface area contributed by atoms with Crippen LogP contribution in [0.5, 0.6) is 0 Å². The molecule has 9 heteroatoms. The summed E-state index contributed by atoms with van der Waals surface area (Å²) in [4.78, 5) is 32.4. The molecule has 5 rings (SSSR count). The van der Waals surface area contributed by atoms with Crippen LogP contribution in [0.15, 0.2) is 49.5 Å². The van der Waals surface area contributed by atoms with E-state index in [1.165, 1.54) is 30.0 Å². The van der Waals surface area contributed by atoms with Gasteiger partial charge in [-0.05, 0) is 49.4 Å². The van der Waals surface area contributed by atoms with Crippen molar-refractivity contribution in [2.75, 3.05) is 7.11 Å². The van der Waals surface area contributed by atoms with E-state index in [1.54, 1.807) is 34.3 Å². The quantitative estimate of drug-likeness (QED) is 0.237. The van der Waals surface area contributed by atoms with Crippen LogP contribution in [0.4, 0.5) is 0 Å². The Morgan fingerprint density at radius 1 is 1.26 bits per heavy atom. The van der Waals surface area contributed by atoms with Crippen LogP contribution in [0, 0.1) is 0 Å². The zero-order valence-corrected chi connectivity index (χ0v) is 18.5. The Kier molecular flexibility index (Phi) is 5.45. The van der Waals surface area contributed by atoms with Crippen molar-refractivity contribution in [3.63, 3.8) is 0 Å². The summed E-state index contributed by atoms with van der Waals surface area (Å²) >= 11 is 3.02. The average Bonchev–Trinajstić information content (AvgIpc) is 3.53. The minimum atomic E-state index is -0.525. The molecule has 0 spiro atoms. The van der Waals surface area contributed by atoms with E-state index in [9.17, 15) is 9.59 Å². The molecular weight excluding hydrogens is 436 g/mol. The van der Waals surface area contributed by atoms with Gasteiger partial charge in [0.15, 0.2) is 5.16 Å². The highest BCUT2D eigenvalue weighted by Gasteiger charge is 2.23. The summed E-state index contributed by atoms with van der Waals surface area (Å²) in [5, 5.41) is 1.33. The van der Waals surface area contributed by atoms with Gasteiger partial charge in [0, 0.05) is 16.2 Å². The number of thioether (sulfide) groups is 1. The van der Waals surface area contributed by atoms with E-state index in [-0.39, 0.29) is 11.3 Å². The van der Waals surface area contributed by atoms with Crippen LogP contribution < -0.4 is 5.56 Å². The van der Waals surface area contributed by atoms with Gasteiger partial charge in [0.2, 0.25) is 5.76 Å². The number of carbonyl (C=O) groups is 1. The number of carbonyl (C=O) groups excluding carboxylic acids is 1. The fraction of sp³-hybridized carbons (Fsp3) is 0.318. The molecule has 0 fully saturated rings. The Morgan fingerprint density at radius 2 is 2.13 bits per heavy atom. The largest absolute Gasteiger partial charge is 0.467 e. The molecule has 4 aromatic rings. The van der Waals surface area contributed by atoms with Crippen molar-refractivity contribution in [3.05, 3.63) is 68.6 Å². The first-order valence-electron chi connectivity index (χ1n) is 10.0. The third-order valence-electron chi connectivity index (χ3n) is 5.41. The molecule has 0 N–H and O–H groups in total. The average molecular weight is 457 g/mol. The molecule has 0 unspecified atom stereocenters. The van der Waals surface area contributed by atoms with Crippen molar-refractivity contribution in [2.24, 2.45) is 0 Å². The Morgan fingerprint density at radius 3 is 2.94 bits per heavy atom. The molecule has 1 aliphatic carbocycles. The van der Waals surface area contributed by atoms with Crippen molar-refractivity contribution in [3.8, 4) is 0 Å². The van der Waals surface area contributed by atoms with Gasteiger partial charge in [0.1, 0.15) is 10.6 Å². The second kappa shape index (κ2) is 8.39. The lowest BCUT2D eigenvalue weighted by Gasteiger charge is -2.12. The molecule has 4 aromatic heterocycles. The normalized spacial score (nSPS) is 13.5. The number of furan rings is 2. The molecule has 0 aromatic carbocycles. The summed E-state index contributed by atoms with van der Waals surface area (Å²) in [7, 11) is 1.32. The lowest BCUT2D eigenvalue weighted by Crippen LogP contribution is -2.24. The zero-order valence-electron chi connectivity index (χ0n) is 16.9. The smallest absolute Gasteiger partial charge is 0.374 e. The lowest BCUT2D eigenvalue weighted by atomic mass is 9.97. The highest BCUT2D eigenvalue weighted by atomic mass is 32.2. The number of fused-ring (bicyclic) bond motifs is 3. The van der Waals surface area contributed by atoms with Gasteiger partial charge in [-0.2, -0.15) is 0 Å². The number of aryl methyl sites for hydroxylation is 2. The van der Waals surface area contributed by atoms with Crippen LogP contribution in [-0.2, 0) is 29.9 Å². The Balaban J connectivity index is 1.57. The third kappa shape index (κ3) is 3.72. The lowest BCUT2D eigenvalue weighted by molar-refractivity contribution is 0.0564. The summed E-state index contributed by atoms with van der Waals surface area (Å²) in [5.41, 5.74) is 1.82. The van der Waals surface area contributed by atoms with Gasteiger partial charge in [-0.25, -0.2) is 9.78 Å². The highest BCUT2D eigenvalue weighted by Crippen LogP contribution is 2.35. The first kappa shape index (κ1) is 20.1. The molecule has 0 atom stereocenters. The third-order valence-corrected chi connectivity index (χ3v) is 7.62. The standard InChI is InChI=1S/C22H20N2O5S2/c1-27-21(26)18-13(8-10-29-18)12-30-22-23-19-17(15-6-2-3-7-16(15)31-19)20(25)24(22)11-14-5-4-9-28-14/h4-5,8-10H,2-3,6-7,11-12H2,1H3. The number of esters is 1. The molecule has 0 amide bonds. The minimum Gasteiger partial charge on any atom is -0.467 e. The number of ether oxygens (including phenoxy) is 1. The van der Waals surface area contributed by atoms with Crippen molar-refractivity contribution in [1.29, 1.82) is 0 Å². The predicted molar refractivity (Wildman–Crippen MR) is 118 cm³/mol. The summed E-state index contributed by atoms with van der Waals surface area (Å²) in [5.74, 6) is 0.751. The molecule has 0 aliphatic heterocycles. The van der Waals surface area contributed by atoms with E-state index in [0.29, 0.717) is 28.8 Å². The summed E-state index contributed by atoms with van der Waals surface area (Å²) in [6.45, 7) is 0.303. The van der Waals surface area contributed by atoms with Crippen LogP contribution in [-0.4, -0.2) is 22.6 Å². The van der Waals surface area contributed by atoms with E-state index in [0.717, 1.165) is 41.5 Å². The topological polar surface area (TPSA) is 87.5 Å². The van der Waals surface area contributed by atoms with E-state index < -0.39 is 5.97 Å². The maximum Gasteiger partial charge on any atom is 0.374 e. The first-order chi connectivity index (χ1) is 15.2. The molecule has 0 saturated heterocycles. The maximum atomic E-state index is 13.6. The van der Waals surface area contributed by atoms with E-state index in [2.05, 4.69) is 0 Å². The van der Waals surface area contributed by atoms with E-state index >= 15 is 0 Å². The molecule has 0 saturated carbocycles. The second-order valence-corrected chi connectivity index (χ2v) is 9.34. The van der Waals surface area contributed by atoms with Gasteiger partial charge in [0.05, 0.1) is 31.6 Å². The summed E-state index contributed by atoms with van der Waals surface area (Å²) in [6.07, 6.45) is 7.25. The number of methoxy groups -OCH3 is 1. The van der Waals surface area contributed by atoms with Crippen LogP contribution in [0.1, 0.15) is 45.2 Å². The fourth-order valence-electron chi connectivity index (χ4n) is 3.89. The van der Waals surface area contributed by atoms with E-state index in [1.807, 2.05) is 6.07 Å². The maximum absolute atomic E-state index is 13.6. The Hall–Kier alpha value is -2.78. The Bertz CT molecular complexity index is 1300. The van der Waals surface area contributed by atoms with Crippen LogP contribution in [0.25, 0.3) is 10.2 Å². The number of rotatable bonds is 6. The van der Waals surface area contributed by atoms with Crippen LogP contribution in [0.3, 0.4) is 0 Å². The minimum absolute atomic E-state index is 0.0383. The second-order valence-electron chi connectivity index (χ2n) is 7.31. The van der Waals surface area contributed by atoms with Gasteiger partial charge >= 0.3 is 5.97 Å². The van der Waals surface area contributed by atoms with Gasteiger partial charge < -0.3 is 13.6 Å². The predicted octanol–water partition coefficient (Wildman–Crippen LogP) is 4.65. The monoisotopic (exact) mass is 456 g/mol. The zero-order chi connectivity index (χ0) is 21.4. The molecule has 0 bridgehead atoms. The Labute approximate surface area is 186 Å². The van der Waals surface area contributed by atoms with Gasteiger partial charge in [0.25, 0.3) is 5.56 Å². The summed E-state index contributed by atoms with van der Waals surface area (Å²) < 4.78 is 17.2.